The molecule has 0 heterocycles. The number of aryl methyl sites for hydroxylation is 1. The van der Waals surface area contributed by atoms with E-state index in [1.54, 1.807) is 11.1 Å². The molecule has 66 heavy (non-hydrogen) atoms. The maximum atomic E-state index is 4.98. The molecular weight excluding hydrogens is 793 g/mol. The van der Waals surface area contributed by atoms with Gasteiger partial charge >= 0.3 is 0 Å². The van der Waals surface area contributed by atoms with Crippen molar-refractivity contribution in [3.8, 4) is 25.2 Å². The molecule has 0 nitrogen and oxygen atoms in total. The van der Waals surface area contributed by atoms with Gasteiger partial charge in [-0.1, -0.05) is 275 Å². The van der Waals surface area contributed by atoms with Crippen LogP contribution >= 0.6 is 0 Å². The van der Waals surface area contributed by atoms with Crippen LogP contribution in [-0.4, -0.2) is 0 Å². The Hall–Kier alpha value is -2.44. The van der Waals surface area contributed by atoms with Crippen molar-refractivity contribution < 1.29 is 0 Å². The van der Waals surface area contributed by atoms with Crippen LogP contribution in [0, 0.1) is 47.9 Å². The minimum Gasteiger partial charge on any atom is -0.124 e. The number of allylic oxidation sites excluding steroid dienone is 3. The van der Waals surface area contributed by atoms with E-state index in [1.807, 2.05) is 13.8 Å². The lowest BCUT2D eigenvalue weighted by atomic mass is 9.86. The maximum Gasteiger partial charge on any atom is 0.0109 e. The molecule has 4 saturated carbocycles. The first-order valence-electron chi connectivity index (χ1n) is 28.0. The summed E-state index contributed by atoms with van der Waals surface area (Å²) in [5, 5.41) is 0. The van der Waals surface area contributed by atoms with Gasteiger partial charge in [0.25, 0.3) is 0 Å². The maximum absolute atomic E-state index is 4.98. The lowest BCUT2D eigenvalue weighted by molar-refractivity contribution is 0.319. The molecule has 4 aliphatic rings. The highest BCUT2D eigenvalue weighted by atomic mass is 14.4. The number of unbranched alkanes of at least 4 members (excludes halogenated alkanes) is 2. The van der Waals surface area contributed by atoms with Crippen LogP contribution in [0.1, 0.15) is 305 Å². The second-order valence-corrected chi connectivity index (χ2v) is 20.2. The van der Waals surface area contributed by atoms with Crippen molar-refractivity contribution in [3.05, 3.63) is 72.4 Å². The quantitative estimate of drug-likeness (QED) is 0.153. The largest absolute Gasteiger partial charge is 0.124 e. The molecule has 0 saturated heterocycles. The molecule has 0 bridgehead atoms. The second-order valence-electron chi connectivity index (χ2n) is 20.2. The lowest BCUT2D eigenvalue weighted by Crippen LogP contribution is -2.07. The number of hydrogen-bond acceptors (Lipinski definition) is 0. The lowest BCUT2D eigenvalue weighted by Gasteiger charge is -2.20. The van der Waals surface area contributed by atoms with Gasteiger partial charge in [0.1, 0.15) is 0 Å². The molecule has 0 spiro atoms. The molecule has 0 N–H and O–H groups in total. The highest BCUT2D eigenvalue weighted by Crippen LogP contribution is 2.44. The van der Waals surface area contributed by atoms with Gasteiger partial charge in [0.2, 0.25) is 0 Å². The predicted molar refractivity (Wildman–Crippen MR) is 317 cm³/mol. The third-order valence-electron chi connectivity index (χ3n) is 10.9. The molecule has 0 aromatic heterocycles. The Kier molecular flexibility index (Phi) is 81.6. The summed E-state index contributed by atoms with van der Waals surface area (Å²) in [5.41, 5.74) is 7.27. The number of rotatable bonds is 11. The Bertz CT molecular complexity index is 1050. The van der Waals surface area contributed by atoms with Gasteiger partial charge in [-0.2, -0.15) is 0 Å². The molecule has 5 rings (SSSR count). The summed E-state index contributed by atoms with van der Waals surface area (Å²) in [5.74, 6) is 4.28. The zero-order chi connectivity index (χ0) is 53.1. The zero-order valence-electron chi connectivity index (χ0n) is 49.8. The van der Waals surface area contributed by atoms with Crippen LogP contribution in [0.15, 0.2) is 66.8 Å². The summed E-state index contributed by atoms with van der Waals surface area (Å²) >= 11 is 0. The second kappa shape index (κ2) is 66.8. The van der Waals surface area contributed by atoms with Crippen LogP contribution in [0.2, 0.25) is 0 Å². The van der Waals surface area contributed by atoms with Crippen molar-refractivity contribution in [2.24, 2.45) is 22.7 Å². The molecule has 1 aromatic carbocycles. The third-order valence-corrected chi connectivity index (χ3v) is 10.9. The van der Waals surface area contributed by atoms with Gasteiger partial charge in [-0.3, -0.25) is 0 Å². The minimum atomic E-state index is 0.592. The molecule has 0 aliphatic heterocycles. The average Bonchev–Trinajstić information content (AvgIpc) is 4.09. The van der Waals surface area contributed by atoms with Gasteiger partial charge in [-0.15, -0.1) is 38.3 Å². The smallest absolute Gasteiger partial charge is 0.0109 e. The first kappa shape index (κ1) is 80.6. The standard InChI is InChI=1S/C14H20.C8H18.C7H14.C7H12.C6H10.2C4H8.C4H10.2C3H8.C2H6.C2H4.C2H2/c1-3-4-8-13(2)11-12-14-9-6-5-7-10-14;1-5-7-8(3,4)6-2;1-7(2,3)6-4-5-6;1-6(2)7-4-3-5-7;1-4-5-6(2)3;2*1-2-4-3-1;1-3-4-2;2*1-3-2;3*1-2/h5-7,9-10H,2-4,8,11-12H2,1H3;5-7H2,1-4H3;6H,4-5H2,1-3H3;3-5H2,1-2H3;1,6H,5H2,2-3H3;2*1-4H2;3-4H2,1-2H3;2*3H2,1-2H3;1-2H3;1-2H2;1-2H. The van der Waals surface area contributed by atoms with Crippen LogP contribution in [-0.2, 0) is 6.42 Å². The molecule has 0 heteroatoms. The van der Waals surface area contributed by atoms with Crippen molar-refractivity contribution in [1.82, 2.24) is 0 Å². The SMILES string of the molecule is C#C.C#CCC(C)C.C1CCC1.C1CCC1.C=C.C=C(CCCC)CCc1ccccc1.CC.CC(C)(C)C1CC1.CC(C)=C1CCC1.CCC.CCC.CCCC.CCCC(C)(C)CC. The van der Waals surface area contributed by atoms with Crippen molar-refractivity contribution in [2.45, 2.75) is 305 Å². The van der Waals surface area contributed by atoms with E-state index in [9.17, 15) is 0 Å². The minimum absolute atomic E-state index is 0.592. The van der Waals surface area contributed by atoms with Gasteiger partial charge in [0.05, 0.1) is 0 Å². The summed E-state index contributed by atoms with van der Waals surface area (Å²) in [6.45, 7) is 54.0. The first-order chi connectivity index (χ1) is 31.4. The monoisotopic (exact) mass is 921 g/mol. The van der Waals surface area contributed by atoms with Gasteiger partial charge in [0.15, 0.2) is 0 Å². The fourth-order valence-electron chi connectivity index (χ4n) is 4.91. The normalized spacial score (nSPS) is 12.8. The van der Waals surface area contributed by atoms with E-state index in [0.717, 1.165) is 25.2 Å². The van der Waals surface area contributed by atoms with E-state index in [2.05, 4.69) is 193 Å². The molecule has 0 radical (unpaired) electrons. The van der Waals surface area contributed by atoms with Crippen molar-refractivity contribution in [1.29, 1.82) is 0 Å². The molecule has 392 valence electrons. The molecule has 4 fully saturated rings. The number of terminal acetylenes is 2. The van der Waals surface area contributed by atoms with E-state index in [4.69, 9.17) is 6.42 Å². The van der Waals surface area contributed by atoms with E-state index < -0.39 is 0 Å². The van der Waals surface area contributed by atoms with Gasteiger partial charge in [-0.25, -0.2) is 0 Å². The average molecular weight is 922 g/mol. The van der Waals surface area contributed by atoms with Crippen molar-refractivity contribution in [2.75, 3.05) is 0 Å². The molecule has 4 aliphatic carbocycles. The molecular formula is C66H128. The van der Waals surface area contributed by atoms with Crippen molar-refractivity contribution in [3.63, 3.8) is 0 Å². The summed E-state index contributed by atoms with van der Waals surface area (Å²) in [4.78, 5) is 0. The van der Waals surface area contributed by atoms with Gasteiger partial charge < -0.3 is 0 Å². The Morgan fingerprint density at radius 3 is 1.20 bits per heavy atom. The van der Waals surface area contributed by atoms with Crippen LogP contribution in [0.25, 0.3) is 0 Å². The van der Waals surface area contributed by atoms with E-state index in [1.165, 1.54) is 159 Å². The summed E-state index contributed by atoms with van der Waals surface area (Å²) < 4.78 is 0. The van der Waals surface area contributed by atoms with Crippen molar-refractivity contribution >= 4 is 0 Å². The summed E-state index contributed by atoms with van der Waals surface area (Å²) in [6.07, 6.45) is 48.2. The van der Waals surface area contributed by atoms with Crippen LogP contribution in [0.3, 0.4) is 0 Å². The Labute approximate surface area is 423 Å². The summed E-state index contributed by atoms with van der Waals surface area (Å²) in [6, 6.07) is 10.6. The first-order valence-corrected chi connectivity index (χ1v) is 28.0. The zero-order valence-corrected chi connectivity index (χ0v) is 49.8. The van der Waals surface area contributed by atoms with E-state index in [-0.39, 0.29) is 0 Å². The Morgan fingerprint density at radius 2 is 1.05 bits per heavy atom. The fourth-order valence-corrected chi connectivity index (χ4v) is 4.91. The fraction of sp³-hybridized carbons (Fsp3) is 0.758. The summed E-state index contributed by atoms with van der Waals surface area (Å²) in [7, 11) is 0. The van der Waals surface area contributed by atoms with E-state index in [0.29, 0.717) is 16.7 Å². The highest BCUT2D eigenvalue weighted by molar-refractivity contribution is 5.16. The third kappa shape index (κ3) is 81.7. The Morgan fingerprint density at radius 1 is 0.652 bits per heavy atom. The van der Waals surface area contributed by atoms with Gasteiger partial charge in [0, 0.05) is 6.42 Å². The molecule has 0 amide bonds. The number of benzene rings is 1. The van der Waals surface area contributed by atoms with Crippen LogP contribution in [0.4, 0.5) is 0 Å². The van der Waals surface area contributed by atoms with Crippen LogP contribution in [0.5, 0.6) is 0 Å². The van der Waals surface area contributed by atoms with E-state index >= 15 is 0 Å². The topological polar surface area (TPSA) is 0 Å². The molecule has 1 aromatic rings. The highest BCUT2D eigenvalue weighted by Gasteiger charge is 2.33. The Balaban J connectivity index is -0.0000000965. The van der Waals surface area contributed by atoms with Crippen LogP contribution < -0.4 is 0 Å². The molecule has 0 atom stereocenters. The molecule has 0 unspecified atom stereocenters. The predicted octanol–water partition coefficient (Wildman–Crippen LogP) is 24.0. The van der Waals surface area contributed by atoms with Gasteiger partial charge in [-0.05, 0) is 106 Å². The number of hydrogen-bond donors (Lipinski definition) is 0.